The van der Waals surface area contributed by atoms with Crippen LogP contribution in [0.1, 0.15) is 51.8 Å². The van der Waals surface area contributed by atoms with Gasteiger partial charge in [-0.2, -0.15) is 0 Å². The molecule has 0 spiro atoms. The second kappa shape index (κ2) is 8.27. The van der Waals surface area contributed by atoms with Crippen LogP contribution in [-0.2, 0) is 11.3 Å². The van der Waals surface area contributed by atoms with Crippen LogP contribution in [0.2, 0.25) is 0 Å². The highest BCUT2D eigenvalue weighted by atomic mass is 16.5. The van der Waals surface area contributed by atoms with Crippen LogP contribution in [0.25, 0.3) is 0 Å². The molecule has 0 radical (unpaired) electrons. The summed E-state index contributed by atoms with van der Waals surface area (Å²) < 4.78 is 7.68. The van der Waals surface area contributed by atoms with E-state index in [0.717, 1.165) is 38.3 Å². The van der Waals surface area contributed by atoms with Crippen molar-refractivity contribution in [1.82, 2.24) is 9.55 Å². The summed E-state index contributed by atoms with van der Waals surface area (Å²) in [5.41, 5.74) is 7.31. The van der Waals surface area contributed by atoms with Gasteiger partial charge >= 0.3 is 0 Å². The zero-order chi connectivity index (χ0) is 13.4. The van der Waals surface area contributed by atoms with Gasteiger partial charge in [-0.1, -0.05) is 27.2 Å². The van der Waals surface area contributed by atoms with Crippen molar-refractivity contribution < 1.29 is 4.74 Å². The third-order valence-corrected chi connectivity index (χ3v) is 2.97. The predicted octanol–water partition coefficient (Wildman–Crippen LogP) is 2.75. The van der Waals surface area contributed by atoms with E-state index in [1.165, 1.54) is 6.42 Å². The second-order valence-electron chi connectivity index (χ2n) is 5.21. The molecule has 1 atom stereocenters. The fraction of sp³-hybridized carbons (Fsp3) is 0.786. The van der Waals surface area contributed by atoms with E-state index in [1.807, 2.05) is 12.5 Å². The first-order valence-corrected chi connectivity index (χ1v) is 6.98. The fourth-order valence-electron chi connectivity index (χ4n) is 1.97. The van der Waals surface area contributed by atoms with Crippen LogP contribution in [0.15, 0.2) is 12.5 Å². The van der Waals surface area contributed by atoms with Gasteiger partial charge in [-0.25, -0.2) is 4.98 Å². The molecule has 1 rings (SSSR count). The molecule has 0 aliphatic carbocycles. The number of unbranched alkanes of at least 4 members (excludes halogenated alkanes) is 1. The van der Waals surface area contributed by atoms with E-state index in [9.17, 15) is 0 Å². The number of rotatable bonds is 9. The number of hydrogen-bond donors (Lipinski definition) is 1. The average molecular weight is 253 g/mol. The maximum Gasteiger partial charge on any atom is 0.0949 e. The van der Waals surface area contributed by atoms with Crippen molar-refractivity contribution in [3.05, 3.63) is 18.2 Å². The Morgan fingerprint density at radius 3 is 2.83 bits per heavy atom. The smallest absolute Gasteiger partial charge is 0.0949 e. The zero-order valence-corrected chi connectivity index (χ0v) is 11.9. The van der Waals surface area contributed by atoms with E-state index in [4.69, 9.17) is 10.5 Å². The predicted molar refractivity (Wildman–Crippen MR) is 74.3 cm³/mol. The van der Waals surface area contributed by atoms with E-state index in [2.05, 4.69) is 30.3 Å². The van der Waals surface area contributed by atoms with Crippen LogP contribution in [-0.4, -0.2) is 22.8 Å². The number of imidazole rings is 1. The second-order valence-corrected chi connectivity index (χ2v) is 5.21. The monoisotopic (exact) mass is 253 g/mol. The summed E-state index contributed by atoms with van der Waals surface area (Å²) >= 11 is 0. The van der Waals surface area contributed by atoms with Gasteiger partial charge in [-0.3, -0.25) is 0 Å². The lowest BCUT2D eigenvalue weighted by Gasteiger charge is -2.16. The normalized spacial score (nSPS) is 13.2. The molecule has 1 heterocycles. The molecule has 4 heteroatoms. The molecule has 1 aromatic heterocycles. The molecular formula is C14H27N3O. The van der Waals surface area contributed by atoms with Crippen molar-refractivity contribution in [2.75, 3.05) is 13.2 Å². The quantitative estimate of drug-likeness (QED) is 0.688. The van der Waals surface area contributed by atoms with Crippen molar-refractivity contribution in [2.24, 2.45) is 11.7 Å². The number of hydrogen-bond acceptors (Lipinski definition) is 3. The van der Waals surface area contributed by atoms with Gasteiger partial charge < -0.3 is 15.0 Å². The first-order valence-electron chi connectivity index (χ1n) is 6.98. The molecule has 4 nitrogen and oxygen atoms in total. The molecule has 104 valence electrons. The third kappa shape index (κ3) is 5.19. The molecule has 18 heavy (non-hydrogen) atoms. The largest absolute Gasteiger partial charge is 0.380 e. The molecule has 0 aliphatic heterocycles. The van der Waals surface area contributed by atoms with Crippen LogP contribution in [0.4, 0.5) is 0 Å². The summed E-state index contributed by atoms with van der Waals surface area (Å²) in [5, 5.41) is 0. The zero-order valence-electron chi connectivity index (χ0n) is 11.9. The van der Waals surface area contributed by atoms with Gasteiger partial charge in [0, 0.05) is 25.4 Å². The van der Waals surface area contributed by atoms with Crippen molar-refractivity contribution in [3.63, 3.8) is 0 Å². The molecule has 0 aliphatic rings. The Balaban J connectivity index is 2.39. The van der Waals surface area contributed by atoms with Crippen molar-refractivity contribution in [2.45, 2.75) is 52.6 Å². The number of ether oxygens (including phenoxy) is 1. The molecule has 0 saturated heterocycles. The Kier molecular flexibility index (Phi) is 6.98. The Hall–Kier alpha value is -0.870. The van der Waals surface area contributed by atoms with E-state index >= 15 is 0 Å². The van der Waals surface area contributed by atoms with Gasteiger partial charge in [0.2, 0.25) is 0 Å². The maximum atomic E-state index is 6.19. The number of aromatic nitrogens is 2. The van der Waals surface area contributed by atoms with Crippen molar-refractivity contribution in [1.29, 1.82) is 0 Å². The van der Waals surface area contributed by atoms with Gasteiger partial charge in [-0.05, 0) is 18.8 Å². The average Bonchev–Trinajstić information content (AvgIpc) is 2.76. The third-order valence-electron chi connectivity index (χ3n) is 2.97. The molecule has 2 N–H and O–H groups in total. The van der Waals surface area contributed by atoms with Gasteiger partial charge in [0.15, 0.2) is 0 Å². The molecule has 1 aromatic rings. The molecule has 0 amide bonds. The van der Waals surface area contributed by atoms with Crippen LogP contribution >= 0.6 is 0 Å². The molecule has 0 aromatic carbocycles. The molecule has 0 saturated carbocycles. The van der Waals surface area contributed by atoms with Gasteiger partial charge in [0.05, 0.1) is 18.6 Å². The highest BCUT2D eigenvalue weighted by molar-refractivity contribution is 5.04. The molecule has 1 unspecified atom stereocenters. The topological polar surface area (TPSA) is 53.1 Å². The van der Waals surface area contributed by atoms with Gasteiger partial charge in [0.1, 0.15) is 0 Å². The van der Waals surface area contributed by atoms with Crippen LogP contribution in [0, 0.1) is 5.92 Å². The fourth-order valence-corrected chi connectivity index (χ4v) is 1.97. The van der Waals surface area contributed by atoms with Crippen LogP contribution in [0.5, 0.6) is 0 Å². The lowest BCUT2D eigenvalue weighted by molar-refractivity contribution is 0.122. The number of nitrogens with zero attached hydrogens (tertiary/aromatic N) is 2. The number of nitrogens with two attached hydrogens (primary N) is 1. The van der Waals surface area contributed by atoms with Crippen molar-refractivity contribution >= 4 is 0 Å². The van der Waals surface area contributed by atoms with Crippen LogP contribution < -0.4 is 5.73 Å². The Bertz CT molecular complexity index is 323. The summed E-state index contributed by atoms with van der Waals surface area (Å²) in [6.45, 7) is 8.96. The van der Waals surface area contributed by atoms with Crippen LogP contribution in [0.3, 0.4) is 0 Å². The summed E-state index contributed by atoms with van der Waals surface area (Å²) in [4.78, 5) is 4.19. The Morgan fingerprint density at radius 2 is 2.17 bits per heavy atom. The van der Waals surface area contributed by atoms with E-state index in [1.54, 1.807) is 0 Å². The summed E-state index contributed by atoms with van der Waals surface area (Å²) in [6.07, 6.45) is 7.01. The minimum Gasteiger partial charge on any atom is -0.380 e. The summed E-state index contributed by atoms with van der Waals surface area (Å²) in [5.74, 6) is 0.601. The first-order chi connectivity index (χ1) is 8.65. The highest BCUT2D eigenvalue weighted by Gasteiger charge is 2.12. The van der Waals surface area contributed by atoms with Gasteiger partial charge in [0.25, 0.3) is 0 Å². The highest BCUT2D eigenvalue weighted by Crippen LogP contribution is 2.18. The molecule has 0 bridgehead atoms. The Labute approximate surface area is 111 Å². The summed E-state index contributed by atoms with van der Waals surface area (Å²) in [6, 6.07) is 0.0724. The van der Waals surface area contributed by atoms with Crippen molar-refractivity contribution in [3.8, 4) is 0 Å². The minimum absolute atomic E-state index is 0.0724. The van der Waals surface area contributed by atoms with Gasteiger partial charge in [-0.15, -0.1) is 0 Å². The minimum atomic E-state index is 0.0724. The summed E-state index contributed by atoms with van der Waals surface area (Å²) in [7, 11) is 0. The first kappa shape index (κ1) is 15.2. The van der Waals surface area contributed by atoms with E-state index in [0.29, 0.717) is 5.92 Å². The van der Waals surface area contributed by atoms with E-state index in [-0.39, 0.29) is 6.04 Å². The molecule has 0 fully saturated rings. The lowest BCUT2D eigenvalue weighted by Crippen LogP contribution is -2.18. The van der Waals surface area contributed by atoms with E-state index < -0.39 is 0 Å². The lowest BCUT2D eigenvalue weighted by atomic mass is 10.0. The molecular weight excluding hydrogens is 226 g/mol. The standard InChI is InChI=1S/C14H27N3O/c1-4-5-7-18-8-6-17-11-16-10-14(17)13(15)9-12(2)3/h10-13H,4-9,15H2,1-3H3. The SMILES string of the molecule is CCCCOCCn1cncc1C(N)CC(C)C. The maximum absolute atomic E-state index is 6.19. The Morgan fingerprint density at radius 1 is 1.39 bits per heavy atom.